The lowest BCUT2D eigenvalue weighted by Crippen LogP contribution is -2.59. The number of fused-ring (bicyclic) bond motifs is 1. The quantitative estimate of drug-likeness (QED) is 0.137. The first-order chi connectivity index (χ1) is 20.0. The number of para-hydroxylation sites is 1. The topological polar surface area (TPSA) is 209 Å². The lowest BCUT2D eigenvalue weighted by molar-refractivity contribution is -0.143. The fourth-order valence-electron chi connectivity index (χ4n) is 4.56. The minimum Gasteiger partial charge on any atom is -0.480 e. The van der Waals surface area contributed by atoms with Gasteiger partial charge >= 0.3 is 5.97 Å². The zero-order valence-corrected chi connectivity index (χ0v) is 23.6. The van der Waals surface area contributed by atoms with Crippen LogP contribution in [-0.4, -0.2) is 63.9 Å². The smallest absolute Gasteiger partial charge is 0.326 e. The summed E-state index contributed by atoms with van der Waals surface area (Å²) in [5.74, 6) is -4.39. The maximum atomic E-state index is 13.5. The molecular weight excluding hydrogens is 540 g/mol. The van der Waals surface area contributed by atoms with Crippen molar-refractivity contribution >= 4 is 40.5 Å². The van der Waals surface area contributed by atoms with Crippen molar-refractivity contribution in [2.45, 2.75) is 63.7 Å². The zero-order valence-electron chi connectivity index (χ0n) is 23.6. The Morgan fingerprint density at radius 3 is 2.12 bits per heavy atom. The Hall–Kier alpha value is -4.71. The molecule has 0 aliphatic carbocycles. The molecule has 0 bridgehead atoms. The van der Waals surface area contributed by atoms with Gasteiger partial charge in [-0.05, 0) is 36.0 Å². The van der Waals surface area contributed by atoms with E-state index in [1.807, 2.05) is 30.3 Å². The van der Waals surface area contributed by atoms with Crippen molar-refractivity contribution in [3.05, 3.63) is 71.9 Å². The number of aromatic amines is 1. The highest BCUT2D eigenvalue weighted by atomic mass is 16.4. The van der Waals surface area contributed by atoms with Crippen molar-refractivity contribution < 1.29 is 29.1 Å². The monoisotopic (exact) mass is 578 g/mol. The standard InChI is InChI=1S/C30H38N6O6/c1-17(2)26(29(40)34-23(30(41)42)12-13-25(32)37)36-28(39)24(14-18-8-4-3-5-9-18)35-27(38)21(31)15-19-16-33-22-11-7-6-10-20(19)22/h3-11,16-17,21,23-24,26,33H,12-15,31H2,1-2H3,(H2,32,37)(H,34,40)(H,35,38)(H,36,39)(H,41,42). The molecule has 0 radical (unpaired) electrons. The first-order valence-electron chi connectivity index (χ1n) is 13.7. The largest absolute Gasteiger partial charge is 0.480 e. The number of nitrogens with one attached hydrogen (secondary N) is 4. The molecule has 4 amide bonds. The number of amides is 4. The molecule has 12 nitrogen and oxygen atoms in total. The first-order valence-corrected chi connectivity index (χ1v) is 13.7. The van der Waals surface area contributed by atoms with E-state index in [9.17, 15) is 29.1 Å². The van der Waals surface area contributed by atoms with Gasteiger partial charge in [0.1, 0.15) is 18.1 Å². The summed E-state index contributed by atoms with van der Waals surface area (Å²) in [6.45, 7) is 3.37. The number of carbonyl (C=O) groups is 5. The van der Waals surface area contributed by atoms with E-state index in [2.05, 4.69) is 20.9 Å². The van der Waals surface area contributed by atoms with Gasteiger partial charge in [-0.2, -0.15) is 0 Å². The molecule has 2 aromatic carbocycles. The molecule has 4 unspecified atom stereocenters. The van der Waals surface area contributed by atoms with Crippen molar-refractivity contribution in [1.82, 2.24) is 20.9 Å². The third-order valence-electron chi connectivity index (χ3n) is 6.91. The number of carboxylic acid groups (broad SMARTS) is 1. The van der Waals surface area contributed by atoms with Crippen LogP contribution < -0.4 is 27.4 Å². The molecule has 0 aliphatic rings. The molecule has 0 fully saturated rings. The molecule has 3 rings (SSSR count). The van der Waals surface area contributed by atoms with E-state index < -0.39 is 59.7 Å². The van der Waals surface area contributed by atoms with Gasteiger partial charge in [-0.3, -0.25) is 19.2 Å². The summed E-state index contributed by atoms with van der Waals surface area (Å²) in [4.78, 5) is 65.7. The number of carboxylic acids is 1. The van der Waals surface area contributed by atoms with Gasteiger partial charge in [0, 0.05) is 29.9 Å². The van der Waals surface area contributed by atoms with Crippen LogP contribution >= 0.6 is 0 Å². The lowest BCUT2D eigenvalue weighted by Gasteiger charge is -2.27. The number of benzene rings is 2. The maximum absolute atomic E-state index is 13.5. The Morgan fingerprint density at radius 2 is 1.48 bits per heavy atom. The average Bonchev–Trinajstić information content (AvgIpc) is 3.35. The predicted molar refractivity (Wildman–Crippen MR) is 157 cm³/mol. The summed E-state index contributed by atoms with van der Waals surface area (Å²) in [6.07, 6.45) is 1.72. The van der Waals surface area contributed by atoms with Crippen molar-refractivity contribution in [2.75, 3.05) is 0 Å². The summed E-state index contributed by atoms with van der Waals surface area (Å²) in [5.41, 5.74) is 13.9. The number of hydrogen-bond donors (Lipinski definition) is 7. The van der Waals surface area contributed by atoms with E-state index in [0.29, 0.717) is 0 Å². The molecule has 1 aromatic heterocycles. The second-order valence-electron chi connectivity index (χ2n) is 10.6. The van der Waals surface area contributed by atoms with Gasteiger partial charge in [0.15, 0.2) is 0 Å². The van der Waals surface area contributed by atoms with Crippen LogP contribution in [0.15, 0.2) is 60.8 Å². The third-order valence-corrected chi connectivity index (χ3v) is 6.91. The van der Waals surface area contributed by atoms with Crippen molar-refractivity contribution in [2.24, 2.45) is 17.4 Å². The highest BCUT2D eigenvalue weighted by molar-refractivity contribution is 5.94. The van der Waals surface area contributed by atoms with Crippen molar-refractivity contribution in [1.29, 1.82) is 0 Å². The number of hydrogen-bond acceptors (Lipinski definition) is 6. The van der Waals surface area contributed by atoms with Crippen LogP contribution in [0.3, 0.4) is 0 Å². The second kappa shape index (κ2) is 14.8. The van der Waals surface area contributed by atoms with Gasteiger partial charge in [-0.25, -0.2) is 4.79 Å². The van der Waals surface area contributed by atoms with E-state index in [4.69, 9.17) is 11.5 Å². The molecule has 42 heavy (non-hydrogen) atoms. The van der Waals surface area contributed by atoms with E-state index in [1.165, 1.54) is 0 Å². The van der Waals surface area contributed by atoms with Gasteiger partial charge in [0.25, 0.3) is 0 Å². The fraction of sp³-hybridized carbons (Fsp3) is 0.367. The molecule has 224 valence electrons. The number of rotatable bonds is 15. The van der Waals surface area contributed by atoms with Crippen molar-refractivity contribution in [3.63, 3.8) is 0 Å². The van der Waals surface area contributed by atoms with Crippen LogP contribution in [0, 0.1) is 5.92 Å². The Labute approximate surface area is 243 Å². The number of carbonyl (C=O) groups excluding carboxylic acids is 4. The Balaban J connectivity index is 1.75. The molecule has 3 aromatic rings. The van der Waals surface area contributed by atoms with Gasteiger partial charge in [0.2, 0.25) is 23.6 Å². The Bertz CT molecular complexity index is 1410. The molecule has 9 N–H and O–H groups in total. The normalized spacial score (nSPS) is 14.0. The molecular formula is C30H38N6O6. The van der Waals surface area contributed by atoms with Crippen LogP contribution in [-0.2, 0) is 36.8 Å². The van der Waals surface area contributed by atoms with E-state index in [0.717, 1.165) is 22.0 Å². The first kappa shape index (κ1) is 31.8. The van der Waals surface area contributed by atoms with Crippen molar-refractivity contribution in [3.8, 4) is 0 Å². The summed E-state index contributed by atoms with van der Waals surface area (Å²) < 4.78 is 0. The van der Waals surface area contributed by atoms with Crippen LogP contribution in [0.25, 0.3) is 10.9 Å². The third kappa shape index (κ3) is 8.90. The molecule has 0 saturated carbocycles. The lowest BCUT2D eigenvalue weighted by atomic mass is 9.99. The van der Waals surface area contributed by atoms with E-state index in [1.54, 1.807) is 44.3 Å². The minimum atomic E-state index is -1.37. The Kier molecular flexibility index (Phi) is 11.2. The van der Waals surface area contributed by atoms with E-state index >= 15 is 0 Å². The summed E-state index contributed by atoms with van der Waals surface area (Å²) in [7, 11) is 0. The number of aromatic nitrogens is 1. The van der Waals surface area contributed by atoms with E-state index in [-0.39, 0.29) is 25.7 Å². The maximum Gasteiger partial charge on any atom is 0.326 e. The predicted octanol–water partition coefficient (Wildman–Crippen LogP) is 0.741. The molecule has 0 saturated heterocycles. The number of primary amides is 1. The summed E-state index contributed by atoms with van der Waals surface area (Å²) in [6, 6.07) is 12.2. The van der Waals surface area contributed by atoms with Gasteiger partial charge in [0.05, 0.1) is 6.04 Å². The van der Waals surface area contributed by atoms with Crippen LogP contribution in [0.4, 0.5) is 0 Å². The molecule has 0 spiro atoms. The van der Waals surface area contributed by atoms with Gasteiger partial charge in [-0.15, -0.1) is 0 Å². The van der Waals surface area contributed by atoms with Gasteiger partial charge in [-0.1, -0.05) is 62.4 Å². The highest BCUT2D eigenvalue weighted by Gasteiger charge is 2.32. The number of H-pyrrole nitrogens is 1. The van der Waals surface area contributed by atoms with Crippen LogP contribution in [0.2, 0.25) is 0 Å². The average molecular weight is 579 g/mol. The summed E-state index contributed by atoms with van der Waals surface area (Å²) in [5, 5.41) is 18.2. The zero-order chi connectivity index (χ0) is 30.8. The van der Waals surface area contributed by atoms with Gasteiger partial charge < -0.3 is 37.5 Å². The molecule has 4 atom stereocenters. The number of aliphatic carboxylic acids is 1. The molecule has 0 aliphatic heterocycles. The van der Waals surface area contributed by atoms with Crippen LogP contribution in [0.1, 0.15) is 37.8 Å². The van der Waals surface area contributed by atoms with Crippen LogP contribution in [0.5, 0.6) is 0 Å². The highest BCUT2D eigenvalue weighted by Crippen LogP contribution is 2.19. The minimum absolute atomic E-state index is 0.126. The Morgan fingerprint density at radius 1 is 0.833 bits per heavy atom. The number of nitrogens with two attached hydrogens (primary N) is 2. The molecule has 1 heterocycles. The second-order valence-corrected chi connectivity index (χ2v) is 10.6. The molecule has 12 heteroatoms. The fourth-order valence-corrected chi connectivity index (χ4v) is 4.56. The SMILES string of the molecule is CC(C)C(NC(=O)C(Cc1ccccc1)NC(=O)C(N)Cc1c[nH]c2ccccc12)C(=O)NC(CCC(N)=O)C(=O)O. The summed E-state index contributed by atoms with van der Waals surface area (Å²) >= 11 is 0.